The summed E-state index contributed by atoms with van der Waals surface area (Å²) in [5.74, 6) is 0.775. The molecule has 8 nitrogen and oxygen atoms in total. The zero-order valence-electron chi connectivity index (χ0n) is 14.4. The summed E-state index contributed by atoms with van der Waals surface area (Å²) in [6, 6.07) is 5.62. The number of likely N-dealkylation sites (tertiary alicyclic amines) is 1. The molecule has 8 heteroatoms. The Kier molecular flexibility index (Phi) is 3.76. The van der Waals surface area contributed by atoms with E-state index in [0.717, 1.165) is 17.0 Å². The highest BCUT2D eigenvalue weighted by molar-refractivity contribution is 6.05. The van der Waals surface area contributed by atoms with Gasteiger partial charge in [-0.2, -0.15) is 0 Å². The first kappa shape index (κ1) is 15.8. The predicted molar refractivity (Wildman–Crippen MR) is 91.3 cm³/mol. The van der Waals surface area contributed by atoms with Crippen molar-refractivity contribution in [1.29, 1.82) is 0 Å². The molecule has 1 aliphatic heterocycles. The fourth-order valence-electron chi connectivity index (χ4n) is 3.50. The molecule has 0 bridgehead atoms. The van der Waals surface area contributed by atoms with Gasteiger partial charge in [0.05, 0.1) is 28.8 Å². The highest BCUT2D eigenvalue weighted by atomic mass is 16.5. The molecule has 1 amide bonds. The van der Waals surface area contributed by atoms with Crippen LogP contribution in [0, 0.1) is 6.92 Å². The number of hydrogen-bond donors (Lipinski definition) is 1. The van der Waals surface area contributed by atoms with Gasteiger partial charge in [0.15, 0.2) is 0 Å². The molecule has 2 aromatic heterocycles. The number of imidazole rings is 1. The number of aromatic amines is 1. The number of carbonyl (C=O) groups is 1. The number of rotatable bonds is 3. The van der Waals surface area contributed by atoms with Crippen molar-refractivity contribution in [1.82, 2.24) is 29.9 Å². The minimum Gasteiger partial charge on any atom is -0.379 e. The van der Waals surface area contributed by atoms with Crippen molar-refractivity contribution in [3.05, 3.63) is 41.5 Å². The van der Waals surface area contributed by atoms with Gasteiger partial charge in [0, 0.05) is 33.4 Å². The van der Waals surface area contributed by atoms with Gasteiger partial charge in [0.2, 0.25) is 0 Å². The number of nitrogens with zero attached hydrogens (tertiary/aromatic N) is 5. The van der Waals surface area contributed by atoms with Gasteiger partial charge in [0.1, 0.15) is 11.3 Å². The molecule has 0 unspecified atom stereocenters. The average Bonchev–Trinajstić information content (AvgIpc) is 3.29. The third-order valence-corrected chi connectivity index (χ3v) is 4.72. The van der Waals surface area contributed by atoms with Gasteiger partial charge < -0.3 is 14.6 Å². The van der Waals surface area contributed by atoms with E-state index in [2.05, 4.69) is 20.3 Å². The summed E-state index contributed by atoms with van der Waals surface area (Å²) in [7, 11) is 3.50. The first-order valence-electron chi connectivity index (χ1n) is 8.20. The molecule has 1 fully saturated rings. The number of para-hydroxylation sites is 1. The van der Waals surface area contributed by atoms with Crippen molar-refractivity contribution >= 4 is 16.9 Å². The summed E-state index contributed by atoms with van der Waals surface area (Å²) in [5, 5.41) is 8.19. The topological polar surface area (TPSA) is 88.9 Å². The van der Waals surface area contributed by atoms with E-state index in [1.54, 1.807) is 11.8 Å². The largest absolute Gasteiger partial charge is 0.379 e. The average molecular weight is 340 g/mol. The van der Waals surface area contributed by atoms with Crippen molar-refractivity contribution in [3.8, 4) is 0 Å². The van der Waals surface area contributed by atoms with Crippen LogP contribution in [0.4, 0.5) is 0 Å². The fraction of sp³-hybridized carbons (Fsp3) is 0.412. The van der Waals surface area contributed by atoms with Crippen LogP contribution in [0.15, 0.2) is 24.4 Å². The number of amides is 1. The molecule has 0 spiro atoms. The number of ether oxygens (including phenoxy) is 1. The fourth-order valence-corrected chi connectivity index (χ4v) is 3.50. The molecule has 0 saturated carbocycles. The first-order valence-corrected chi connectivity index (χ1v) is 8.20. The Morgan fingerprint density at radius 1 is 1.36 bits per heavy atom. The van der Waals surface area contributed by atoms with E-state index in [0.29, 0.717) is 24.2 Å². The third-order valence-electron chi connectivity index (χ3n) is 4.72. The van der Waals surface area contributed by atoms with Crippen LogP contribution in [-0.4, -0.2) is 62.1 Å². The Balaban J connectivity index is 1.64. The number of nitrogens with one attached hydrogen (secondary N) is 1. The molecule has 1 aliphatic rings. The molecular formula is C17H20N6O2. The summed E-state index contributed by atoms with van der Waals surface area (Å²) < 4.78 is 7.27. The molecule has 0 radical (unpaired) electrons. The van der Waals surface area contributed by atoms with Crippen LogP contribution in [0.1, 0.15) is 27.8 Å². The second-order valence-corrected chi connectivity index (χ2v) is 6.43. The number of H-pyrrole nitrogens is 1. The maximum atomic E-state index is 13.1. The SMILES string of the molecule is CO[C@@H]1CN(C(=O)c2cccc3[nH]c(C)nc23)C[C@H]1c1cn(C)nn1. The first-order chi connectivity index (χ1) is 12.1. The number of aromatic nitrogens is 5. The van der Waals surface area contributed by atoms with Crippen LogP contribution in [-0.2, 0) is 11.8 Å². The lowest BCUT2D eigenvalue weighted by Crippen LogP contribution is -2.30. The number of carbonyl (C=O) groups excluding carboxylic acids is 1. The molecule has 4 rings (SSSR count). The predicted octanol–water partition coefficient (Wildman–Crippen LogP) is 1.25. The maximum absolute atomic E-state index is 13.1. The van der Waals surface area contributed by atoms with Gasteiger partial charge >= 0.3 is 0 Å². The standard InChI is InChI=1S/C17H20N6O2/c1-10-18-13-6-4-5-11(16(13)19-10)17(24)23-7-12(15(9-23)25-3)14-8-22(2)21-20-14/h4-6,8,12,15H,7,9H2,1-3H3,(H,18,19)/t12-,15+/m0/s1. The smallest absolute Gasteiger partial charge is 0.256 e. The van der Waals surface area contributed by atoms with E-state index in [9.17, 15) is 4.79 Å². The van der Waals surface area contributed by atoms with Gasteiger partial charge in [-0.05, 0) is 19.1 Å². The maximum Gasteiger partial charge on any atom is 0.256 e. The third kappa shape index (κ3) is 2.68. The van der Waals surface area contributed by atoms with Crippen LogP contribution in [0.2, 0.25) is 0 Å². The van der Waals surface area contributed by atoms with Crippen LogP contribution < -0.4 is 0 Å². The molecule has 1 saturated heterocycles. The summed E-state index contributed by atoms with van der Waals surface area (Å²) in [6.07, 6.45) is 1.78. The van der Waals surface area contributed by atoms with E-state index in [-0.39, 0.29) is 17.9 Å². The second-order valence-electron chi connectivity index (χ2n) is 6.43. The summed E-state index contributed by atoms with van der Waals surface area (Å²) in [6.45, 7) is 2.96. The number of methoxy groups -OCH3 is 1. The molecule has 1 N–H and O–H groups in total. The monoisotopic (exact) mass is 340 g/mol. The van der Waals surface area contributed by atoms with E-state index >= 15 is 0 Å². The Morgan fingerprint density at radius 3 is 2.92 bits per heavy atom. The molecule has 2 atom stereocenters. The van der Waals surface area contributed by atoms with Crippen LogP contribution >= 0.6 is 0 Å². The summed E-state index contributed by atoms with van der Waals surface area (Å²) >= 11 is 0. The van der Waals surface area contributed by atoms with Crippen molar-refractivity contribution < 1.29 is 9.53 Å². The number of benzene rings is 1. The van der Waals surface area contributed by atoms with Gasteiger partial charge in [-0.1, -0.05) is 11.3 Å². The molecule has 130 valence electrons. The van der Waals surface area contributed by atoms with Crippen molar-refractivity contribution in [2.75, 3.05) is 20.2 Å². The van der Waals surface area contributed by atoms with Crippen LogP contribution in [0.25, 0.3) is 11.0 Å². The second kappa shape index (κ2) is 5.96. The number of aryl methyl sites for hydroxylation is 2. The minimum absolute atomic E-state index is 0.0165. The van der Waals surface area contributed by atoms with Crippen molar-refractivity contribution in [2.45, 2.75) is 18.9 Å². The lowest BCUT2D eigenvalue weighted by Gasteiger charge is -2.16. The number of fused-ring (bicyclic) bond motifs is 1. The van der Waals surface area contributed by atoms with E-state index < -0.39 is 0 Å². The van der Waals surface area contributed by atoms with E-state index in [4.69, 9.17) is 4.74 Å². The lowest BCUT2D eigenvalue weighted by atomic mass is 10.0. The number of hydrogen-bond acceptors (Lipinski definition) is 5. The Hall–Kier alpha value is -2.74. The molecule has 3 heterocycles. The summed E-state index contributed by atoms with van der Waals surface area (Å²) in [4.78, 5) is 22.5. The Bertz CT molecular complexity index is 930. The van der Waals surface area contributed by atoms with Crippen molar-refractivity contribution in [3.63, 3.8) is 0 Å². The van der Waals surface area contributed by atoms with Crippen LogP contribution in [0.3, 0.4) is 0 Å². The van der Waals surface area contributed by atoms with Gasteiger partial charge in [-0.15, -0.1) is 5.10 Å². The van der Waals surface area contributed by atoms with Gasteiger partial charge in [-0.3, -0.25) is 9.48 Å². The van der Waals surface area contributed by atoms with Crippen molar-refractivity contribution in [2.24, 2.45) is 7.05 Å². The highest BCUT2D eigenvalue weighted by Gasteiger charge is 2.38. The van der Waals surface area contributed by atoms with E-state index in [1.807, 2.05) is 43.3 Å². The molecule has 25 heavy (non-hydrogen) atoms. The highest BCUT2D eigenvalue weighted by Crippen LogP contribution is 2.30. The Labute approximate surface area is 144 Å². The quantitative estimate of drug-likeness (QED) is 0.775. The molecular weight excluding hydrogens is 320 g/mol. The lowest BCUT2D eigenvalue weighted by molar-refractivity contribution is 0.0715. The summed E-state index contributed by atoms with van der Waals surface area (Å²) in [5.41, 5.74) is 3.04. The van der Waals surface area contributed by atoms with Gasteiger partial charge in [-0.25, -0.2) is 4.98 Å². The molecule has 3 aromatic rings. The molecule has 0 aliphatic carbocycles. The zero-order chi connectivity index (χ0) is 17.6. The molecule has 1 aromatic carbocycles. The Morgan fingerprint density at radius 2 is 2.20 bits per heavy atom. The zero-order valence-corrected chi connectivity index (χ0v) is 14.4. The van der Waals surface area contributed by atoms with Crippen LogP contribution in [0.5, 0.6) is 0 Å². The minimum atomic E-state index is -0.0965. The van der Waals surface area contributed by atoms with Gasteiger partial charge in [0.25, 0.3) is 5.91 Å². The van der Waals surface area contributed by atoms with E-state index in [1.165, 1.54) is 0 Å². The normalized spacial score (nSPS) is 20.5.